The number of carbonyl (C=O) groups is 3. The van der Waals surface area contributed by atoms with Crippen LogP contribution in [0.4, 0.5) is 0 Å². The second-order valence-electron chi connectivity index (χ2n) is 5.30. The van der Waals surface area contributed by atoms with Crippen LogP contribution in [-0.4, -0.2) is 24.0 Å². The fourth-order valence-electron chi connectivity index (χ4n) is 1.54. The molecular weight excluding hydrogens is 254 g/mol. The minimum atomic E-state index is -0.256. The molecule has 0 saturated carbocycles. The van der Waals surface area contributed by atoms with Crippen LogP contribution in [0.1, 0.15) is 40.0 Å². The Morgan fingerprint density at radius 3 is 2.40 bits per heavy atom. The number of rotatable bonds is 10. The number of hydrogen-bond acceptors (Lipinski definition) is 3. The van der Waals surface area contributed by atoms with Crippen LogP contribution in [0.5, 0.6) is 0 Å². The lowest BCUT2D eigenvalue weighted by Gasteiger charge is -2.06. The third kappa shape index (κ3) is 9.25. The second kappa shape index (κ2) is 10.1. The Bertz CT molecular complexity index is 383. The van der Waals surface area contributed by atoms with Gasteiger partial charge in [-0.3, -0.25) is 14.4 Å². The molecule has 0 fully saturated rings. The summed E-state index contributed by atoms with van der Waals surface area (Å²) in [4.78, 5) is 33.9. The van der Waals surface area contributed by atoms with E-state index < -0.39 is 0 Å². The van der Waals surface area contributed by atoms with E-state index in [1.165, 1.54) is 12.2 Å². The second-order valence-corrected chi connectivity index (χ2v) is 5.30. The van der Waals surface area contributed by atoms with E-state index in [1.807, 2.05) is 6.92 Å². The van der Waals surface area contributed by atoms with Crippen LogP contribution in [0.25, 0.3) is 0 Å². The highest BCUT2D eigenvalue weighted by Gasteiger charge is 2.08. The molecule has 0 aromatic carbocycles. The van der Waals surface area contributed by atoms with Gasteiger partial charge < -0.3 is 5.32 Å². The Morgan fingerprint density at radius 1 is 1.20 bits per heavy atom. The first kappa shape index (κ1) is 18.3. The van der Waals surface area contributed by atoms with E-state index in [1.54, 1.807) is 19.9 Å². The molecule has 4 nitrogen and oxygen atoms in total. The van der Waals surface area contributed by atoms with Crippen molar-refractivity contribution in [2.45, 2.75) is 40.0 Å². The molecule has 1 unspecified atom stereocenters. The van der Waals surface area contributed by atoms with Crippen molar-refractivity contribution in [3.05, 3.63) is 24.8 Å². The van der Waals surface area contributed by atoms with E-state index >= 15 is 0 Å². The molecule has 1 N–H and O–H groups in total. The topological polar surface area (TPSA) is 63.2 Å². The lowest BCUT2D eigenvalue weighted by molar-refractivity contribution is -0.124. The van der Waals surface area contributed by atoms with Crippen LogP contribution in [0.2, 0.25) is 0 Å². The van der Waals surface area contributed by atoms with Crippen molar-refractivity contribution in [1.29, 1.82) is 0 Å². The zero-order valence-corrected chi connectivity index (χ0v) is 12.6. The number of ketones is 2. The lowest BCUT2D eigenvalue weighted by atomic mass is 9.99. The Balaban J connectivity index is 3.84. The van der Waals surface area contributed by atoms with Crippen LogP contribution < -0.4 is 5.32 Å². The van der Waals surface area contributed by atoms with E-state index in [9.17, 15) is 14.4 Å². The Labute approximate surface area is 121 Å². The predicted molar refractivity (Wildman–Crippen MR) is 80.2 cm³/mol. The Kier molecular flexibility index (Phi) is 9.26. The van der Waals surface area contributed by atoms with Gasteiger partial charge in [-0.1, -0.05) is 33.4 Å². The SMILES string of the molecule is C=CC(=O)CC(C)CC/C=C/C(=O)NCC(=O)C(C)C. The van der Waals surface area contributed by atoms with Gasteiger partial charge in [0.25, 0.3) is 0 Å². The molecule has 0 heterocycles. The normalized spacial score (nSPS) is 12.4. The molecule has 0 bridgehead atoms. The molecule has 0 aromatic rings. The molecule has 20 heavy (non-hydrogen) atoms. The van der Waals surface area contributed by atoms with Gasteiger partial charge in [0.2, 0.25) is 5.91 Å². The van der Waals surface area contributed by atoms with Gasteiger partial charge in [-0.25, -0.2) is 0 Å². The summed E-state index contributed by atoms with van der Waals surface area (Å²) in [6.07, 6.45) is 6.61. The van der Waals surface area contributed by atoms with E-state index in [0.29, 0.717) is 6.42 Å². The molecule has 0 aliphatic carbocycles. The van der Waals surface area contributed by atoms with Crippen molar-refractivity contribution in [2.24, 2.45) is 11.8 Å². The zero-order valence-electron chi connectivity index (χ0n) is 12.6. The van der Waals surface area contributed by atoms with Gasteiger partial charge in [-0.15, -0.1) is 0 Å². The molecule has 1 amide bonds. The molecule has 0 aromatic heterocycles. The summed E-state index contributed by atoms with van der Waals surface area (Å²) in [5, 5.41) is 2.55. The van der Waals surface area contributed by atoms with Gasteiger partial charge in [0.15, 0.2) is 11.6 Å². The van der Waals surface area contributed by atoms with Gasteiger partial charge >= 0.3 is 0 Å². The first-order valence-electron chi connectivity index (χ1n) is 6.99. The maximum atomic E-state index is 11.4. The molecule has 0 radical (unpaired) electrons. The summed E-state index contributed by atoms with van der Waals surface area (Å²) in [5.74, 6) is 0.0156. The number of Topliss-reactive ketones (excluding diaryl/α,β-unsaturated/α-hetero) is 1. The van der Waals surface area contributed by atoms with Crippen LogP contribution in [-0.2, 0) is 14.4 Å². The highest BCUT2D eigenvalue weighted by atomic mass is 16.2. The molecular formula is C16H25NO3. The molecule has 0 saturated heterocycles. The number of amides is 1. The van der Waals surface area contributed by atoms with E-state index in [4.69, 9.17) is 0 Å². The number of allylic oxidation sites excluding steroid dienone is 2. The van der Waals surface area contributed by atoms with E-state index in [0.717, 1.165) is 12.8 Å². The molecule has 112 valence electrons. The average molecular weight is 279 g/mol. The van der Waals surface area contributed by atoms with Gasteiger partial charge in [0.05, 0.1) is 6.54 Å². The molecule has 4 heteroatoms. The first-order chi connectivity index (χ1) is 9.36. The Hall–Kier alpha value is -1.71. The molecule has 0 spiro atoms. The first-order valence-corrected chi connectivity index (χ1v) is 6.99. The van der Waals surface area contributed by atoms with Crippen LogP contribution in [0.15, 0.2) is 24.8 Å². The van der Waals surface area contributed by atoms with Gasteiger partial charge in [-0.05, 0) is 30.9 Å². The standard InChI is InChI=1S/C16H25NO3/c1-5-14(18)10-13(4)8-6-7-9-16(20)17-11-15(19)12(2)3/h5,7,9,12-13H,1,6,8,10-11H2,2-4H3,(H,17,20)/b9-7+. The predicted octanol–water partition coefficient (Wildman–Crippen LogP) is 2.45. The van der Waals surface area contributed by atoms with Gasteiger partial charge in [-0.2, -0.15) is 0 Å². The molecule has 1 atom stereocenters. The summed E-state index contributed by atoms with van der Waals surface area (Å²) in [5.41, 5.74) is 0. The minimum Gasteiger partial charge on any atom is -0.345 e. The third-order valence-corrected chi connectivity index (χ3v) is 2.95. The molecule has 0 aliphatic heterocycles. The fraction of sp³-hybridized carbons (Fsp3) is 0.562. The maximum Gasteiger partial charge on any atom is 0.244 e. The number of hydrogen-bond donors (Lipinski definition) is 1. The van der Waals surface area contributed by atoms with E-state index in [-0.39, 0.29) is 35.9 Å². The third-order valence-electron chi connectivity index (χ3n) is 2.95. The van der Waals surface area contributed by atoms with Crippen molar-refractivity contribution in [3.8, 4) is 0 Å². The van der Waals surface area contributed by atoms with Crippen LogP contribution in [0.3, 0.4) is 0 Å². The largest absolute Gasteiger partial charge is 0.345 e. The van der Waals surface area contributed by atoms with Gasteiger partial charge in [0.1, 0.15) is 0 Å². The van der Waals surface area contributed by atoms with Crippen molar-refractivity contribution in [1.82, 2.24) is 5.32 Å². The minimum absolute atomic E-state index is 0.0170. The quantitative estimate of drug-likeness (QED) is 0.625. The van der Waals surface area contributed by atoms with Crippen LogP contribution in [0, 0.1) is 11.8 Å². The summed E-state index contributed by atoms with van der Waals surface area (Å²) in [6.45, 7) is 9.11. The van der Waals surface area contributed by atoms with E-state index in [2.05, 4.69) is 11.9 Å². The number of nitrogens with one attached hydrogen (secondary N) is 1. The van der Waals surface area contributed by atoms with Gasteiger partial charge in [0, 0.05) is 12.3 Å². The highest BCUT2D eigenvalue weighted by molar-refractivity contribution is 5.92. The van der Waals surface area contributed by atoms with Crippen molar-refractivity contribution in [3.63, 3.8) is 0 Å². The van der Waals surface area contributed by atoms with Crippen molar-refractivity contribution >= 4 is 17.5 Å². The lowest BCUT2D eigenvalue weighted by Crippen LogP contribution is -2.30. The Morgan fingerprint density at radius 2 is 1.85 bits per heavy atom. The summed E-state index contributed by atoms with van der Waals surface area (Å²) in [6, 6.07) is 0. The smallest absolute Gasteiger partial charge is 0.244 e. The maximum absolute atomic E-state index is 11.4. The summed E-state index contributed by atoms with van der Waals surface area (Å²) >= 11 is 0. The number of carbonyl (C=O) groups excluding carboxylic acids is 3. The van der Waals surface area contributed by atoms with Crippen molar-refractivity contribution < 1.29 is 14.4 Å². The monoisotopic (exact) mass is 279 g/mol. The van der Waals surface area contributed by atoms with Crippen LogP contribution >= 0.6 is 0 Å². The average Bonchev–Trinajstić information content (AvgIpc) is 2.40. The molecule has 0 aliphatic rings. The summed E-state index contributed by atoms with van der Waals surface area (Å²) in [7, 11) is 0. The fourth-order valence-corrected chi connectivity index (χ4v) is 1.54. The van der Waals surface area contributed by atoms with Crippen molar-refractivity contribution in [2.75, 3.05) is 6.54 Å². The zero-order chi connectivity index (χ0) is 15.5. The summed E-state index contributed by atoms with van der Waals surface area (Å²) < 4.78 is 0. The highest BCUT2D eigenvalue weighted by Crippen LogP contribution is 2.11. The molecule has 0 rings (SSSR count).